The molecule has 0 heterocycles. The third kappa shape index (κ3) is 3.19. The van der Waals surface area contributed by atoms with Crippen molar-refractivity contribution in [1.82, 2.24) is 4.72 Å². The van der Waals surface area contributed by atoms with E-state index in [1.165, 1.54) is 12.1 Å². The van der Waals surface area contributed by atoms with E-state index in [4.69, 9.17) is 5.26 Å². The van der Waals surface area contributed by atoms with E-state index >= 15 is 0 Å². The van der Waals surface area contributed by atoms with Crippen LogP contribution in [0.15, 0.2) is 41.8 Å². The highest BCUT2D eigenvalue weighted by molar-refractivity contribution is 7.89. The molecule has 0 aromatic heterocycles. The maximum Gasteiger partial charge on any atom is 0.240 e. The Hall–Kier alpha value is -1.64. The molecule has 1 aromatic rings. The predicted octanol–water partition coefficient (Wildman–Crippen LogP) is 1.41. The zero-order valence-corrected chi connectivity index (χ0v) is 9.50. The normalized spacial score (nSPS) is 10.7. The lowest BCUT2D eigenvalue weighted by Crippen LogP contribution is -2.24. The third-order valence-corrected chi connectivity index (χ3v) is 3.37. The molecule has 4 nitrogen and oxygen atoms in total. The first-order valence-corrected chi connectivity index (χ1v) is 6.19. The topological polar surface area (TPSA) is 70.0 Å². The minimum Gasteiger partial charge on any atom is -0.211 e. The van der Waals surface area contributed by atoms with Crippen molar-refractivity contribution in [2.75, 3.05) is 6.54 Å². The maximum atomic E-state index is 11.7. The Bertz CT molecular complexity index is 515. The zero-order chi connectivity index (χ0) is 12.0. The summed E-state index contributed by atoms with van der Waals surface area (Å²) in [5, 5.41) is 8.66. The van der Waals surface area contributed by atoms with Gasteiger partial charge in [0.05, 0.1) is 16.5 Å². The molecule has 0 aliphatic rings. The number of hydrogen-bond acceptors (Lipinski definition) is 3. The molecule has 0 aliphatic heterocycles. The second-order valence-corrected chi connectivity index (χ2v) is 4.88. The molecule has 1 aromatic carbocycles. The standard InChI is InChI=1S/C11H12N2O2S/c1-2-3-7-13-16(14,15)11-6-4-5-10(8-11)9-12/h2,4-6,8,13H,1,3,7H2. The van der Waals surface area contributed by atoms with Crippen LogP contribution in [0.1, 0.15) is 12.0 Å². The van der Waals surface area contributed by atoms with Crippen molar-refractivity contribution in [3.05, 3.63) is 42.5 Å². The van der Waals surface area contributed by atoms with E-state index in [2.05, 4.69) is 11.3 Å². The van der Waals surface area contributed by atoms with Crippen LogP contribution >= 0.6 is 0 Å². The molecule has 0 atom stereocenters. The summed E-state index contributed by atoms with van der Waals surface area (Å²) in [5.41, 5.74) is 0.326. The molecule has 16 heavy (non-hydrogen) atoms. The molecular weight excluding hydrogens is 224 g/mol. The second kappa shape index (κ2) is 5.45. The number of nitriles is 1. The summed E-state index contributed by atoms with van der Waals surface area (Å²) in [7, 11) is -3.51. The lowest BCUT2D eigenvalue weighted by Gasteiger charge is -2.05. The van der Waals surface area contributed by atoms with Crippen LogP contribution in [0.5, 0.6) is 0 Å². The highest BCUT2D eigenvalue weighted by atomic mass is 32.2. The monoisotopic (exact) mass is 236 g/mol. The van der Waals surface area contributed by atoms with Crippen LogP contribution in [0.2, 0.25) is 0 Å². The number of rotatable bonds is 5. The molecule has 0 spiro atoms. The number of nitrogens with zero attached hydrogens (tertiary/aromatic N) is 1. The van der Waals surface area contributed by atoms with E-state index < -0.39 is 10.0 Å². The SMILES string of the molecule is C=CCCNS(=O)(=O)c1cccc(C#N)c1. The van der Waals surface area contributed by atoms with Gasteiger partial charge in [-0.2, -0.15) is 5.26 Å². The van der Waals surface area contributed by atoms with Crippen molar-refractivity contribution in [1.29, 1.82) is 5.26 Å². The zero-order valence-electron chi connectivity index (χ0n) is 8.68. The van der Waals surface area contributed by atoms with E-state index in [0.717, 1.165) is 0 Å². The van der Waals surface area contributed by atoms with Gasteiger partial charge in [0.15, 0.2) is 0 Å². The molecule has 0 amide bonds. The minimum absolute atomic E-state index is 0.107. The second-order valence-electron chi connectivity index (χ2n) is 3.11. The fourth-order valence-corrected chi connectivity index (χ4v) is 2.20. The van der Waals surface area contributed by atoms with Crippen molar-refractivity contribution in [2.24, 2.45) is 0 Å². The van der Waals surface area contributed by atoms with Gasteiger partial charge in [0.1, 0.15) is 0 Å². The van der Waals surface area contributed by atoms with Gasteiger partial charge in [-0.25, -0.2) is 13.1 Å². The Kier molecular flexibility index (Phi) is 4.23. The van der Waals surface area contributed by atoms with Crippen molar-refractivity contribution < 1.29 is 8.42 Å². The quantitative estimate of drug-likeness (QED) is 0.620. The van der Waals surface area contributed by atoms with Crippen LogP contribution in [0, 0.1) is 11.3 Å². The summed E-state index contributed by atoms with van der Waals surface area (Å²) in [6.45, 7) is 3.81. The smallest absolute Gasteiger partial charge is 0.211 e. The Morgan fingerprint density at radius 3 is 2.88 bits per heavy atom. The number of nitrogens with one attached hydrogen (secondary N) is 1. The van der Waals surface area contributed by atoms with Crippen LogP contribution in [0.4, 0.5) is 0 Å². The lowest BCUT2D eigenvalue weighted by atomic mass is 10.2. The van der Waals surface area contributed by atoms with Crippen LogP contribution in [-0.4, -0.2) is 15.0 Å². The average Bonchev–Trinajstić information content (AvgIpc) is 2.29. The summed E-state index contributed by atoms with van der Waals surface area (Å²) in [6.07, 6.45) is 2.20. The summed E-state index contributed by atoms with van der Waals surface area (Å²) in [5.74, 6) is 0. The van der Waals surface area contributed by atoms with Gasteiger partial charge < -0.3 is 0 Å². The highest BCUT2D eigenvalue weighted by Crippen LogP contribution is 2.10. The van der Waals surface area contributed by atoms with Gasteiger partial charge in [0.25, 0.3) is 0 Å². The predicted molar refractivity (Wildman–Crippen MR) is 61.2 cm³/mol. The van der Waals surface area contributed by atoms with Gasteiger partial charge in [0.2, 0.25) is 10.0 Å². The van der Waals surface area contributed by atoms with Gasteiger partial charge >= 0.3 is 0 Å². The molecule has 1 N–H and O–H groups in total. The Morgan fingerprint density at radius 2 is 2.25 bits per heavy atom. The van der Waals surface area contributed by atoms with Crippen molar-refractivity contribution in [3.8, 4) is 6.07 Å². The third-order valence-electron chi connectivity index (χ3n) is 1.91. The molecule has 0 aliphatic carbocycles. The Labute approximate surface area is 95.3 Å². The molecular formula is C11H12N2O2S. The Balaban J connectivity index is 2.90. The molecule has 1 rings (SSSR count). The van der Waals surface area contributed by atoms with Gasteiger partial charge in [-0.15, -0.1) is 6.58 Å². The van der Waals surface area contributed by atoms with Crippen molar-refractivity contribution >= 4 is 10.0 Å². The van der Waals surface area contributed by atoms with Crippen LogP contribution in [-0.2, 0) is 10.0 Å². The van der Waals surface area contributed by atoms with Gasteiger partial charge in [-0.05, 0) is 24.6 Å². The maximum absolute atomic E-state index is 11.7. The first-order chi connectivity index (χ1) is 7.60. The molecule has 0 bridgehead atoms. The van der Waals surface area contributed by atoms with Crippen LogP contribution in [0.3, 0.4) is 0 Å². The molecule has 0 radical (unpaired) electrons. The molecule has 0 saturated heterocycles. The number of hydrogen-bond donors (Lipinski definition) is 1. The average molecular weight is 236 g/mol. The first-order valence-electron chi connectivity index (χ1n) is 4.71. The molecule has 0 fully saturated rings. The van der Waals surface area contributed by atoms with E-state index in [1.807, 2.05) is 6.07 Å². The van der Waals surface area contributed by atoms with Crippen LogP contribution in [0.25, 0.3) is 0 Å². The van der Waals surface area contributed by atoms with E-state index in [9.17, 15) is 8.42 Å². The molecule has 0 unspecified atom stereocenters. The van der Waals surface area contributed by atoms with Gasteiger partial charge in [-0.3, -0.25) is 0 Å². The molecule has 0 saturated carbocycles. The number of benzene rings is 1. The largest absolute Gasteiger partial charge is 0.240 e. The fraction of sp³-hybridized carbons (Fsp3) is 0.182. The van der Waals surface area contributed by atoms with Crippen molar-refractivity contribution in [3.63, 3.8) is 0 Å². The highest BCUT2D eigenvalue weighted by Gasteiger charge is 2.12. The first kappa shape index (κ1) is 12.4. The van der Waals surface area contributed by atoms with E-state index in [1.54, 1.807) is 18.2 Å². The Morgan fingerprint density at radius 1 is 1.50 bits per heavy atom. The summed E-state index contributed by atoms with van der Waals surface area (Å²) in [4.78, 5) is 0.107. The van der Waals surface area contributed by atoms with E-state index in [-0.39, 0.29) is 4.90 Å². The van der Waals surface area contributed by atoms with Crippen LogP contribution < -0.4 is 4.72 Å². The minimum atomic E-state index is -3.51. The summed E-state index contributed by atoms with van der Waals surface area (Å²) in [6, 6.07) is 7.80. The fourth-order valence-electron chi connectivity index (χ4n) is 1.11. The number of sulfonamides is 1. The molecule has 84 valence electrons. The lowest BCUT2D eigenvalue weighted by molar-refractivity contribution is 0.582. The van der Waals surface area contributed by atoms with Gasteiger partial charge in [0, 0.05) is 6.54 Å². The summed E-state index contributed by atoms with van der Waals surface area (Å²) >= 11 is 0. The summed E-state index contributed by atoms with van der Waals surface area (Å²) < 4.78 is 25.9. The molecule has 5 heteroatoms. The van der Waals surface area contributed by atoms with Crippen molar-refractivity contribution in [2.45, 2.75) is 11.3 Å². The van der Waals surface area contributed by atoms with E-state index in [0.29, 0.717) is 18.5 Å². The van der Waals surface area contributed by atoms with Gasteiger partial charge in [-0.1, -0.05) is 12.1 Å².